The Hall–Kier alpha value is -3.06. The van der Waals surface area contributed by atoms with Crippen molar-refractivity contribution < 1.29 is 4.79 Å². The molecule has 0 radical (unpaired) electrons. The summed E-state index contributed by atoms with van der Waals surface area (Å²) in [6.07, 6.45) is 5.53. The van der Waals surface area contributed by atoms with Crippen molar-refractivity contribution in [1.82, 2.24) is 24.6 Å². The van der Waals surface area contributed by atoms with Crippen molar-refractivity contribution in [3.05, 3.63) is 65.5 Å². The Morgan fingerprint density at radius 3 is 2.77 bits per heavy atom. The fraction of sp³-hybridized carbons (Fsp3) is 0.391. The molecule has 3 aromatic rings. The molecule has 1 unspecified atom stereocenters. The molecule has 30 heavy (non-hydrogen) atoms. The number of likely N-dealkylation sites (tertiary alicyclic amines) is 1. The molecule has 7 nitrogen and oxygen atoms in total. The minimum atomic E-state index is -0.0353. The molecule has 1 fully saturated rings. The molecule has 7 heteroatoms. The molecule has 0 aliphatic carbocycles. The zero-order chi connectivity index (χ0) is 21.1. The van der Waals surface area contributed by atoms with Crippen LogP contribution in [0.1, 0.15) is 35.6 Å². The maximum Gasteiger partial charge on any atom is 0.228 e. The van der Waals surface area contributed by atoms with Crippen LogP contribution in [0.15, 0.2) is 42.7 Å². The largest absolute Gasteiger partial charge is 0.326 e. The summed E-state index contributed by atoms with van der Waals surface area (Å²) in [6, 6.07) is 9.64. The molecule has 156 valence electrons. The van der Waals surface area contributed by atoms with Crippen LogP contribution >= 0.6 is 0 Å². The van der Waals surface area contributed by atoms with Gasteiger partial charge < -0.3 is 5.32 Å². The van der Waals surface area contributed by atoms with Crippen molar-refractivity contribution in [2.75, 3.05) is 18.4 Å². The lowest BCUT2D eigenvalue weighted by atomic mass is 9.96. The first-order chi connectivity index (χ1) is 14.5. The highest BCUT2D eigenvalue weighted by Crippen LogP contribution is 2.22. The Kier molecular flexibility index (Phi) is 5.90. The first kappa shape index (κ1) is 20.2. The summed E-state index contributed by atoms with van der Waals surface area (Å²) in [5, 5.41) is 7.34. The molecule has 1 aliphatic rings. The molecule has 1 aromatic carbocycles. The van der Waals surface area contributed by atoms with E-state index in [0.29, 0.717) is 0 Å². The molecule has 1 atom stereocenters. The summed E-state index contributed by atoms with van der Waals surface area (Å²) in [6.45, 7) is 8.44. The number of carbonyl (C=O) groups excluding carboxylic acids is 1. The first-order valence-electron chi connectivity index (χ1n) is 10.4. The Balaban J connectivity index is 1.40. The van der Waals surface area contributed by atoms with Gasteiger partial charge in [0.15, 0.2) is 0 Å². The fourth-order valence-corrected chi connectivity index (χ4v) is 3.93. The molecule has 1 N–H and O–H groups in total. The van der Waals surface area contributed by atoms with Gasteiger partial charge in [-0.25, -0.2) is 4.68 Å². The van der Waals surface area contributed by atoms with Gasteiger partial charge >= 0.3 is 0 Å². The summed E-state index contributed by atoms with van der Waals surface area (Å²) >= 11 is 0. The average molecular weight is 405 g/mol. The molecular weight excluding hydrogens is 376 g/mol. The van der Waals surface area contributed by atoms with E-state index in [4.69, 9.17) is 4.98 Å². The van der Waals surface area contributed by atoms with Crippen LogP contribution in [0.3, 0.4) is 0 Å². The van der Waals surface area contributed by atoms with E-state index in [1.165, 1.54) is 0 Å². The van der Waals surface area contributed by atoms with Gasteiger partial charge in [0.05, 0.1) is 34.4 Å². The van der Waals surface area contributed by atoms with E-state index in [1.807, 2.05) is 57.3 Å². The summed E-state index contributed by atoms with van der Waals surface area (Å²) in [5.41, 5.74) is 5.64. The second-order valence-corrected chi connectivity index (χ2v) is 7.99. The van der Waals surface area contributed by atoms with Gasteiger partial charge in [0.25, 0.3) is 0 Å². The van der Waals surface area contributed by atoms with Crippen molar-refractivity contribution in [2.24, 2.45) is 5.92 Å². The Bertz CT molecular complexity index is 1030. The van der Waals surface area contributed by atoms with Gasteiger partial charge in [-0.05, 0) is 64.4 Å². The number of hydrogen-bond acceptors (Lipinski definition) is 5. The number of nitrogens with one attached hydrogen (secondary N) is 1. The highest BCUT2D eigenvalue weighted by molar-refractivity contribution is 5.93. The van der Waals surface area contributed by atoms with Crippen LogP contribution in [0.4, 0.5) is 5.69 Å². The van der Waals surface area contributed by atoms with Crippen molar-refractivity contribution in [1.29, 1.82) is 0 Å². The number of rotatable bonds is 5. The third kappa shape index (κ3) is 4.57. The van der Waals surface area contributed by atoms with Crippen molar-refractivity contribution in [2.45, 2.75) is 40.2 Å². The van der Waals surface area contributed by atoms with Crippen LogP contribution < -0.4 is 5.32 Å². The zero-order valence-corrected chi connectivity index (χ0v) is 17.8. The summed E-state index contributed by atoms with van der Waals surface area (Å²) in [4.78, 5) is 24.6. The topological polar surface area (TPSA) is 75.9 Å². The lowest BCUT2D eigenvalue weighted by Gasteiger charge is -2.32. The van der Waals surface area contributed by atoms with Crippen LogP contribution in [0, 0.1) is 26.7 Å². The summed E-state index contributed by atoms with van der Waals surface area (Å²) in [5.74, 6) is 0.0344. The van der Waals surface area contributed by atoms with Gasteiger partial charge in [-0.3, -0.25) is 19.7 Å². The number of anilines is 1. The standard InChI is InChI=1S/C23H28N6O/c1-16-17(2)26-22(18(3)25-16)15-28-11-5-7-19(14-28)23(30)27-20-8-4-9-21(13-20)29-12-6-10-24-29/h4,6,8-10,12-13,19H,5,7,11,14-15H2,1-3H3,(H,27,30). The molecule has 0 saturated carbocycles. The Labute approximate surface area is 177 Å². The van der Waals surface area contributed by atoms with E-state index in [9.17, 15) is 4.79 Å². The van der Waals surface area contributed by atoms with Gasteiger partial charge in [0.2, 0.25) is 5.91 Å². The maximum atomic E-state index is 12.9. The molecule has 0 spiro atoms. The molecular formula is C23H28N6O. The van der Waals surface area contributed by atoms with Gasteiger partial charge in [-0.2, -0.15) is 5.10 Å². The lowest BCUT2D eigenvalue weighted by Crippen LogP contribution is -2.40. The monoisotopic (exact) mass is 404 g/mol. The molecule has 1 saturated heterocycles. The van der Waals surface area contributed by atoms with Gasteiger partial charge in [0, 0.05) is 31.2 Å². The van der Waals surface area contributed by atoms with Gasteiger partial charge in [0.1, 0.15) is 0 Å². The smallest absolute Gasteiger partial charge is 0.228 e. The fourth-order valence-electron chi connectivity index (χ4n) is 3.93. The van der Waals surface area contributed by atoms with E-state index in [-0.39, 0.29) is 11.8 Å². The van der Waals surface area contributed by atoms with Crippen LogP contribution in [0.25, 0.3) is 5.69 Å². The molecule has 0 bridgehead atoms. The van der Waals surface area contributed by atoms with Gasteiger partial charge in [-0.1, -0.05) is 6.07 Å². The maximum absolute atomic E-state index is 12.9. The number of benzene rings is 1. The highest BCUT2D eigenvalue weighted by Gasteiger charge is 2.26. The third-order valence-electron chi connectivity index (χ3n) is 5.71. The first-order valence-corrected chi connectivity index (χ1v) is 10.4. The average Bonchev–Trinajstić information content (AvgIpc) is 3.27. The normalized spacial score (nSPS) is 17.1. The minimum Gasteiger partial charge on any atom is -0.326 e. The molecule has 3 heterocycles. The summed E-state index contributed by atoms with van der Waals surface area (Å²) < 4.78 is 1.78. The minimum absolute atomic E-state index is 0.0353. The molecule has 1 amide bonds. The zero-order valence-electron chi connectivity index (χ0n) is 17.8. The van der Waals surface area contributed by atoms with E-state index >= 15 is 0 Å². The Morgan fingerprint density at radius 2 is 1.97 bits per heavy atom. The number of carbonyl (C=O) groups is 1. The third-order valence-corrected chi connectivity index (χ3v) is 5.71. The van der Waals surface area contributed by atoms with E-state index in [1.54, 1.807) is 10.9 Å². The summed E-state index contributed by atoms with van der Waals surface area (Å²) in [7, 11) is 0. The van der Waals surface area contributed by atoms with Crippen molar-refractivity contribution in [3.63, 3.8) is 0 Å². The number of hydrogen-bond donors (Lipinski definition) is 1. The van der Waals surface area contributed by atoms with E-state index in [2.05, 4.69) is 20.3 Å². The number of nitrogens with zero attached hydrogens (tertiary/aromatic N) is 5. The second-order valence-electron chi connectivity index (χ2n) is 7.99. The SMILES string of the molecule is Cc1nc(C)c(CN2CCCC(C(=O)Nc3cccc(-n4cccn4)c3)C2)nc1C. The predicted molar refractivity (Wildman–Crippen MR) is 116 cm³/mol. The number of aryl methyl sites for hydroxylation is 3. The van der Waals surface area contributed by atoms with Crippen LogP contribution in [-0.2, 0) is 11.3 Å². The van der Waals surface area contributed by atoms with Crippen molar-refractivity contribution >= 4 is 11.6 Å². The number of amides is 1. The van der Waals surface area contributed by atoms with E-state index in [0.717, 1.165) is 66.6 Å². The van der Waals surface area contributed by atoms with E-state index < -0.39 is 0 Å². The van der Waals surface area contributed by atoms with Gasteiger partial charge in [-0.15, -0.1) is 0 Å². The lowest BCUT2D eigenvalue weighted by molar-refractivity contribution is -0.121. The van der Waals surface area contributed by atoms with Crippen LogP contribution in [0.2, 0.25) is 0 Å². The quantitative estimate of drug-likeness (QED) is 0.705. The molecule has 2 aromatic heterocycles. The van der Waals surface area contributed by atoms with Crippen LogP contribution in [0.5, 0.6) is 0 Å². The second kappa shape index (κ2) is 8.75. The number of piperidine rings is 1. The van der Waals surface area contributed by atoms with Crippen molar-refractivity contribution in [3.8, 4) is 5.69 Å². The number of aromatic nitrogens is 4. The predicted octanol–water partition coefficient (Wildman–Crippen LogP) is 3.44. The Morgan fingerprint density at radius 1 is 1.13 bits per heavy atom. The molecule has 4 rings (SSSR count). The van der Waals surface area contributed by atoms with Crippen LogP contribution in [-0.4, -0.2) is 43.6 Å². The highest BCUT2D eigenvalue weighted by atomic mass is 16.1. The molecule has 1 aliphatic heterocycles.